The Morgan fingerprint density at radius 2 is 1.74 bits per heavy atom. The number of hydrogen-bond acceptors (Lipinski definition) is 8. The summed E-state index contributed by atoms with van der Waals surface area (Å²) >= 11 is 0. The van der Waals surface area contributed by atoms with Crippen molar-refractivity contribution in [1.82, 2.24) is 20.0 Å². The Hall–Kier alpha value is -2.87. The lowest BCUT2D eigenvalue weighted by molar-refractivity contribution is 0.00575. The van der Waals surface area contributed by atoms with E-state index in [0.29, 0.717) is 13.1 Å². The predicted octanol–water partition coefficient (Wildman–Crippen LogP) is 4.84. The van der Waals surface area contributed by atoms with Gasteiger partial charge in [-0.15, -0.1) is 0 Å². The number of amides is 1. The number of rotatable bonds is 12. The lowest BCUT2D eigenvalue weighted by atomic mass is 9.57. The van der Waals surface area contributed by atoms with Crippen molar-refractivity contribution in [3.8, 4) is 0 Å². The first kappa shape index (κ1) is 36.9. The number of likely N-dealkylation sites (tertiary alicyclic amines) is 2. The largest absolute Gasteiger partial charge is 0.453 e. The maximum absolute atomic E-state index is 16.2. The van der Waals surface area contributed by atoms with Gasteiger partial charge in [-0.3, -0.25) is 4.90 Å². The molecule has 3 heterocycles. The van der Waals surface area contributed by atoms with Gasteiger partial charge in [-0.05, 0) is 114 Å². The zero-order valence-corrected chi connectivity index (χ0v) is 30.6. The van der Waals surface area contributed by atoms with Gasteiger partial charge < -0.3 is 24.8 Å². The zero-order chi connectivity index (χ0) is 35.8. The SMILES string of the molecule is COC(=O)N[C@H]1CCC[C@@H]1[C@](CN1CCC1)(c1cccc(F)c1)C1CCN(CC2(F)CN(c3ccc(S(C)(=O)=O)c(CN(C)C)c3F)C2)CC1. The van der Waals surface area contributed by atoms with Crippen LogP contribution in [0, 0.1) is 23.5 Å². The molecular formula is C37H52F3N5O4S. The second kappa shape index (κ2) is 14.6. The molecule has 9 nitrogen and oxygen atoms in total. The van der Waals surface area contributed by atoms with E-state index in [9.17, 15) is 17.6 Å². The number of benzene rings is 2. The Morgan fingerprint density at radius 1 is 1.02 bits per heavy atom. The van der Waals surface area contributed by atoms with Crippen LogP contribution in [-0.4, -0.2) is 121 Å². The van der Waals surface area contributed by atoms with Crippen LogP contribution >= 0.6 is 0 Å². The molecule has 2 aromatic rings. The second-order valence-electron chi connectivity index (χ2n) is 15.4. The number of nitrogens with zero attached hydrogens (tertiary/aromatic N) is 4. The minimum absolute atomic E-state index is 0.0224. The molecule has 3 aliphatic heterocycles. The third kappa shape index (κ3) is 7.52. The molecule has 3 saturated heterocycles. The van der Waals surface area contributed by atoms with Crippen LogP contribution in [0.2, 0.25) is 0 Å². The molecule has 1 amide bonds. The number of halogens is 3. The van der Waals surface area contributed by atoms with Gasteiger partial charge in [-0.1, -0.05) is 18.6 Å². The zero-order valence-electron chi connectivity index (χ0n) is 29.8. The van der Waals surface area contributed by atoms with Crippen LogP contribution < -0.4 is 10.2 Å². The molecule has 1 aliphatic carbocycles. The van der Waals surface area contributed by atoms with E-state index < -0.39 is 32.8 Å². The molecule has 4 fully saturated rings. The van der Waals surface area contributed by atoms with Crippen LogP contribution in [0.15, 0.2) is 41.3 Å². The number of alkyl carbamates (subject to hydrolysis) is 1. The van der Waals surface area contributed by atoms with Gasteiger partial charge >= 0.3 is 6.09 Å². The maximum atomic E-state index is 16.2. The molecule has 2 aromatic carbocycles. The van der Waals surface area contributed by atoms with Crippen molar-refractivity contribution in [2.75, 3.05) is 84.7 Å². The highest BCUT2D eigenvalue weighted by Gasteiger charge is 2.54. The molecular weight excluding hydrogens is 667 g/mol. The minimum Gasteiger partial charge on any atom is -0.453 e. The highest BCUT2D eigenvalue weighted by Crippen LogP contribution is 2.52. The van der Waals surface area contributed by atoms with Crippen LogP contribution in [0.1, 0.15) is 49.7 Å². The normalized spacial score (nSPS) is 24.4. The summed E-state index contributed by atoms with van der Waals surface area (Å²) < 4.78 is 76.7. The van der Waals surface area contributed by atoms with Crippen molar-refractivity contribution in [2.24, 2.45) is 11.8 Å². The van der Waals surface area contributed by atoms with E-state index in [1.54, 1.807) is 36.0 Å². The summed E-state index contributed by atoms with van der Waals surface area (Å²) in [5.74, 6) is -0.604. The molecule has 1 saturated carbocycles. The maximum Gasteiger partial charge on any atom is 0.407 e. The molecule has 1 N–H and O–H groups in total. The molecule has 50 heavy (non-hydrogen) atoms. The number of carbonyl (C=O) groups is 1. The highest BCUT2D eigenvalue weighted by atomic mass is 32.2. The van der Waals surface area contributed by atoms with Crippen molar-refractivity contribution in [2.45, 2.75) is 67.1 Å². The Balaban J connectivity index is 1.19. The Bertz CT molecular complexity index is 1640. The number of ether oxygens (including phenoxy) is 1. The summed E-state index contributed by atoms with van der Waals surface area (Å²) in [6, 6.07) is 9.79. The second-order valence-corrected chi connectivity index (χ2v) is 17.4. The number of methoxy groups -OCH3 is 1. The molecule has 4 aliphatic rings. The molecule has 13 heteroatoms. The number of nitrogens with one attached hydrogen (secondary N) is 1. The number of alkyl halides is 1. The molecule has 0 aromatic heterocycles. The van der Waals surface area contributed by atoms with Crippen LogP contribution in [0.5, 0.6) is 0 Å². The van der Waals surface area contributed by atoms with Crippen LogP contribution in [0.25, 0.3) is 0 Å². The van der Waals surface area contributed by atoms with E-state index in [2.05, 4.69) is 15.1 Å². The summed E-state index contributed by atoms with van der Waals surface area (Å²) in [6.07, 6.45) is 6.08. The fourth-order valence-corrected chi connectivity index (χ4v) is 10.2. The summed E-state index contributed by atoms with van der Waals surface area (Å²) in [6.45, 7) is 4.51. The summed E-state index contributed by atoms with van der Waals surface area (Å²) in [4.78, 5) is 20.4. The van der Waals surface area contributed by atoms with E-state index in [1.165, 1.54) is 25.3 Å². The van der Waals surface area contributed by atoms with Crippen LogP contribution in [0.3, 0.4) is 0 Å². The van der Waals surface area contributed by atoms with Gasteiger partial charge in [0.05, 0.1) is 30.8 Å². The molecule has 0 radical (unpaired) electrons. The van der Waals surface area contributed by atoms with Gasteiger partial charge in [0.2, 0.25) is 0 Å². The molecule has 0 spiro atoms. The Labute approximate surface area is 295 Å². The molecule has 3 atom stereocenters. The van der Waals surface area contributed by atoms with E-state index in [-0.39, 0.29) is 66.0 Å². The predicted molar refractivity (Wildman–Crippen MR) is 188 cm³/mol. The van der Waals surface area contributed by atoms with Crippen LogP contribution in [-0.2, 0) is 26.5 Å². The van der Waals surface area contributed by atoms with Crippen LogP contribution in [0.4, 0.5) is 23.7 Å². The first-order chi connectivity index (χ1) is 23.7. The lowest BCUT2D eigenvalue weighted by Crippen LogP contribution is -2.65. The monoisotopic (exact) mass is 719 g/mol. The highest BCUT2D eigenvalue weighted by molar-refractivity contribution is 7.90. The minimum atomic E-state index is -3.64. The number of piperidine rings is 1. The van der Waals surface area contributed by atoms with Crippen molar-refractivity contribution < 1.29 is 31.1 Å². The topological polar surface area (TPSA) is 85.4 Å². The standard InChI is InChI=1S/C37H52F3N5O4S/c1-42(2)21-29-33(50(4,47)48)13-12-32(34(29)39)45-23-36(40,24-45)22-44-18-14-26(15-19-44)37(25-43-16-7-17-43,27-8-5-9-28(38)20-27)30-10-6-11-31(30)41-35(46)49-3/h5,8-9,12-13,20,26,30-31H,6-7,10-11,14-19,21-25H2,1-4H3,(H,41,46)/t30-,31-,37-/m0/s1. The molecule has 6 rings (SSSR count). The van der Waals surface area contributed by atoms with Gasteiger partial charge in [-0.2, -0.15) is 0 Å². The molecule has 0 unspecified atom stereocenters. The number of anilines is 1. The fourth-order valence-electron chi connectivity index (χ4n) is 9.30. The Morgan fingerprint density at radius 3 is 2.34 bits per heavy atom. The number of sulfone groups is 1. The quantitative estimate of drug-likeness (QED) is 0.334. The Kier molecular flexibility index (Phi) is 10.8. The van der Waals surface area contributed by atoms with E-state index >= 15 is 8.78 Å². The first-order valence-corrected chi connectivity index (χ1v) is 19.8. The fraction of sp³-hybridized carbons (Fsp3) is 0.649. The van der Waals surface area contributed by atoms with E-state index in [0.717, 1.165) is 70.0 Å². The van der Waals surface area contributed by atoms with Gasteiger partial charge in [0.25, 0.3) is 0 Å². The van der Waals surface area contributed by atoms with Crippen molar-refractivity contribution in [3.05, 3.63) is 59.2 Å². The van der Waals surface area contributed by atoms with Gasteiger partial charge in [0, 0.05) is 42.9 Å². The lowest BCUT2D eigenvalue weighted by Gasteiger charge is -2.54. The average molecular weight is 720 g/mol. The first-order valence-electron chi connectivity index (χ1n) is 17.9. The molecule has 0 bridgehead atoms. The number of hydrogen-bond donors (Lipinski definition) is 1. The van der Waals surface area contributed by atoms with Crippen molar-refractivity contribution in [3.63, 3.8) is 0 Å². The van der Waals surface area contributed by atoms with Crippen molar-refractivity contribution in [1.29, 1.82) is 0 Å². The molecule has 276 valence electrons. The van der Waals surface area contributed by atoms with Crippen molar-refractivity contribution >= 4 is 21.6 Å². The number of carbonyl (C=O) groups excluding carboxylic acids is 1. The van der Waals surface area contributed by atoms with E-state index in [1.807, 2.05) is 6.07 Å². The third-order valence-corrected chi connectivity index (χ3v) is 12.8. The summed E-state index contributed by atoms with van der Waals surface area (Å²) in [5.41, 5.74) is -0.648. The van der Waals surface area contributed by atoms with Gasteiger partial charge in [-0.25, -0.2) is 26.4 Å². The van der Waals surface area contributed by atoms with Gasteiger partial charge in [0.1, 0.15) is 5.82 Å². The average Bonchev–Trinajstić information content (AvgIpc) is 3.48. The third-order valence-electron chi connectivity index (χ3n) is 11.6. The summed E-state index contributed by atoms with van der Waals surface area (Å²) in [7, 11) is 1.23. The smallest absolute Gasteiger partial charge is 0.407 e. The van der Waals surface area contributed by atoms with E-state index in [4.69, 9.17) is 4.74 Å². The van der Waals surface area contributed by atoms with Gasteiger partial charge in [0.15, 0.2) is 21.3 Å². The summed E-state index contributed by atoms with van der Waals surface area (Å²) in [5, 5.41) is 3.12.